The highest BCUT2D eigenvalue weighted by Crippen LogP contribution is 2.28. The Kier molecular flexibility index (Phi) is 6.21. The number of hydrogen-bond acceptors (Lipinski definition) is 5. The quantitative estimate of drug-likeness (QED) is 0.772. The van der Waals surface area contributed by atoms with E-state index in [0.29, 0.717) is 6.04 Å². The Balaban J connectivity index is 2.09. The SMILES string of the molecule is CCCNC(CSc1nnc(C)s1)c1cc(C)cc(C)c1. The third kappa shape index (κ3) is 5.09. The van der Waals surface area contributed by atoms with Gasteiger partial charge in [0, 0.05) is 11.8 Å². The third-order valence-corrected chi connectivity index (χ3v) is 5.23. The fourth-order valence-electron chi connectivity index (χ4n) is 2.29. The predicted octanol–water partition coefficient (Wildman–Crippen LogP) is 4.30. The minimum Gasteiger partial charge on any atom is -0.309 e. The number of nitrogens with one attached hydrogen (secondary N) is 1. The third-order valence-electron chi connectivity index (χ3n) is 3.17. The fourth-order valence-corrected chi connectivity index (χ4v) is 4.23. The molecule has 3 nitrogen and oxygen atoms in total. The highest BCUT2D eigenvalue weighted by molar-refractivity contribution is 8.01. The average molecular weight is 322 g/mol. The van der Waals surface area contributed by atoms with Crippen LogP contribution in [-0.4, -0.2) is 22.5 Å². The molecule has 0 aliphatic heterocycles. The van der Waals surface area contributed by atoms with Gasteiger partial charge in [-0.05, 0) is 39.3 Å². The van der Waals surface area contributed by atoms with Gasteiger partial charge in [-0.25, -0.2) is 0 Å². The van der Waals surface area contributed by atoms with Crippen LogP contribution in [0.4, 0.5) is 0 Å². The summed E-state index contributed by atoms with van der Waals surface area (Å²) < 4.78 is 1.06. The van der Waals surface area contributed by atoms with Crippen LogP contribution in [0.2, 0.25) is 0 Å². The van der Waals surface area contributed by atoms with Gasteiger partial charge in [0.25, 0.3) is 0 Å². The summed E-state index contributed by atoms with van der Waals surface area (Å²) in [5, 5.41) is 13.0. The zero-order valence-electron chi connectivity index (χ0n) is 13.1. The van der Waals surface area contributed by atoms with Gasteiger partial charge in [0.2, 0.25) is 0 Å². The van der Waals surface area contributed by atoms with E-state index in [4.69, 9.17) is 0 Å². The van der Waals surface area contributed by atoms with Crippen LogP contribution in [0.25, 0.3) is 0 Å². The molecule has 21 heavy (non-hydrogen) atoms. The first-order valence-corrected chi connectivity index (χ1v) is 9.13. The van der Waals surface area contributed by atoms with Gasteiger partial charge in [-0.3, -0.25) is 0 Å². The Labute approximate surface area is 135 Å². The summed E-state index contributed by atoms with van der Waals surface area (Å²) in [6, 6.07) is 7.15. The maximum atomic E-state index is 4.20. The largest absolute Gasteiger partial charge is 0.309 e. The van der Waals surface area contributed by atoms with Gasteiger partial charge in [0.1, 0.15) is 5.01 Å². The van der Waals surface area contributed by atoms with Gasteiger partial charge < -0.3 is 5.32 Å². The first-order chi connectivity index (χ1) is 10.1. The maximum absolute atomic E-state index is 4.20. The van der Waals surface area contributed by atoms with Crippen molar-refractivity contribution in [1.29, 1.82) is 0 Å². The summed E-state index contributed by atoms with van der Waals surface area (Å²) in [6.45, 7) is 9.56. The molecule has 1 aromatic heterocycles. The van der Waals surface area contributed by atoms with Crippen LogP contribution in [0.5, 0.6) is 0 Å². The van der Waals surface area contributed by atoms with Crippen LogP contribution < -0.4 is 5.32 Å². The molecule has 0 bridgehead atoms. The summed E-state index contributed by atoms with van der Waals surface area (Å²) in [4.78, 5) is 0. The van der Waals surface area contributed by atoms with Gasteiger partial charge in [0.15, 0.2) is 4.34 Å². The lowest BCUT2D eigenvalue weighted by molar-refractivity contribution is 0.577. The van der Waals surface area contributed by atoms with Crippen LogP contribution >= 0.6 is 23.1 Å². The van der Waals surface area contributed by atoms with Crippen LogP contribution in [0.15, 0.2) is 22.5 Å². The molecule has 0 spiro atoms. The van der Waals surface area contributed by atoms with Gasteiger partial charge in [-0.2, -0.15) is 0 Å². The number of benzene rings is 1. The van der Waals surface area contributed by atoms with E-state index >= 15 is 0 Å². The van der Waals surface area contributed by atoms with E-state index in [1.807, 2.05) is 6.92 Å². The lowest BCUT2D eigenvalue weighted by atomic mass is 10.0. The van der Waals surface area contributed by atoms with Crippen molar-refractivity contribution in [2.45, 2.75) is 44.5 Å². The minimum atomic E-state index is 0.359. The Morgan fingerprint density at radius 1 is 1.14 bits per heavy atom. The highest BCUT2D eigenvalue weighted by atomic mass is 32.2. The van der Waals surface area contributed by atoms with Crippen molar-refractivity contribution in [3.63, 3.8) is 0 Å². The molecule has 0 saturated carbocycles. The molecule has 0 fully saturated rings. The van der Waals surface area contributed by atoms with Crippen molar-refractivity contribution in [3.05, 3.63) is 39.9 Å². The smallest absolute Gasteiger partial charge is 0.174 e. The Morgan fingerprint density at radius 3 is 2.43 bits per heavy atom. The number of rotatable bonds is 7. The van der Waals surface area contributed by atoms with Crippen molar-refractivity contribution >= 4 is 23.1 Å². The van der Waals surface area contributed by atoms with Crippen LogP contribution in [-0.2, 0) is 0 Å². The molecular formula is C16H23N3S2. The fraction of sp³-hybridized carbons (Fsp3) is 0.500. The standard InChI is InChI=1S/C16H23N3S2/c1-5-6-17-15(10-20-16-19-18-13(4)21-16)14-8-11(2)7-12(3)9-14/h7-9,15,17H,5-6,10H2,1-4H3. The molecule has 1 aromatic carbocycles. The van der Waals surface area contributed by atoms with E-state index in [9.17, 15) is 0 Å². The minimum absolute atomic E-state index is 0.359. The monoisotopic (exact) mass is 321 g/mol. The molecule has 1 N–H and O–H groups in total. The second kappa shape index (κ2) is 7.92. The molecule has 5 heteroatoms. The average Bonchev–Trinajstić information content (AvgIpc) is 2.83. The van der Waals surface area contributed by atoms with Crippen LogP contribution in [0.3, 0.4) is 0 Å². The van der Waals surface area contributed by atoms with Crippen molar-refractivity contribution in [3.8, 4) is 0 Å². The summed E-state index contributed by atoms with van der Waals surface area (Å²) in [5.41, 5.74) is 4.02. The second-order valence-electron chi connectivity index (χ2n) is 5.33. The van der Waals surface area contributed by atoms with Crippen molar-refractivity contribution < 1.29 is 0 Å². The van der Waals surface area contributed by atoms with Crippen LogP contribution in [0.1, 0.15) is 41.1 Å². The Bertz CT molecular complexity index is 560. The molecule has 1 unspecified atom stereocenters. The van der Waals surface area contributed by atoms with Crippen LogP contribution in [0, 0.1) is 20.8 Å². The van der Waals surface area contributed by atoms with E-state index in [1.165, 1.54) is 16.7 Å². The molecule has 0 amide bonds. The number of nitrogens with zero attached hydrogens (tertiary/aromatic N) is 2. The molecule has 1 atom stereocenters. The lowest BCUT2D eigenvalue weighted by Crippen LogP contribution is -2.24. The molecule has 2 aromatic rings. The topological polar surface area (TPSA) is 37.8 Å². The summed E-state index contributed by atoms with van der Waals surface area (Å²) in [5.74, 6) is 0.984. The molecule has 0 saturated heterocycles. The van der Waals surface area contributed by atoms with Crippen molar-refractivity contribution in [1.82, 2.24) is 15.5 Å². The van der Waals surface area contributed by atoms with E-state index in [1.54, 1.807) is 23.1 Å². The van der Waals surface area contributed by atoms with E-state index in [2.05, 4.69) is 54.5 Å². The normalized spacial score (nSPS) is 12.6. The molecule has 0 radical (unpaired) electrons. The summed E-state index contributed by atoms with van der Waals surface area (Å²) in [6.07, 6.45) is 1.14. The Morgan fingerprint density at radius 2 is 1.86 bits per heavy atom. The molecule has 2 rings (SSSR count). The van der Waals surface area contributed by atoms with E-state index in [0.717, 1.165) is 28.1 Å². The zero-order chi connectivity index (χ0) is 15.2. The first kappa shape index (κ1) is 16.5. The number of hydrogen-bond donors (Lipinski definition) is 1. The van der Waals surface area contributed by atoms with Gasteiger partial charge in [0.05, 0.1) is 0 Å². The van der Waals surface area contributed by atoms with Gasteiger partial charge in [-0.15, -0.1) is 10.2 Å². The number of thioether (sulfide) groups is 1. The Hall–Kier alpha value is -0.910. The first-order valence-electron chi connectivity index (χ1n) is 7.33. The highest BCUT2D eigenvalue weighted by Gasteiger charge is 2.13. The zero-order valence-corrected chi connectivity index (χ0v) is 14.8. The summed E-state index contributed by atoms with van der Waals surface area (Å²) >= 11 is 3.46. The molecule has 1 heterocycles. The second-order valence-corrected chi connectivity index (χ2v) is 7.77. The maximum Gasteiger partial charge on any atom is 0.174 e. The molecule has 0 aliphatic rings. The predicted molar refractivity (Wildman–Crippen MR) is 92.3 cm³/mol. The van der Waals surface area contributed by atoms with Crippen molar-refractivity contribution in [2.24, 2.45) is 0 Å². The number of aryl methyl sites for hydroxylation is 3. The number of aromatic nitrogens is 2. The molecular weight excluding hydrogens is 298 g/mol. The summed E-state index contributed by atoms with van der Waals surface area (Å²) in [7, 11) is 0. The lowest BCUT2D eigenvalue weighted by Gasteiger charge is -2.19. The van der Waals surface area contributed by atoms with Gasteiger partial charge in [-0.1, -0.05) is 59.3 Å². The molecule has 0 aliphatic carbocycles. The van der Waals surface area contributed by atoms with Crippen molar-refractivity contribution in [2.75, 3.05) is 12.3 Å². The van der Waals surface area contributed by atoms with E-state index < -0.39 is 0 Å². The molecule has 114 valence electrons. The van der Waals surface area contributed by atoms with E-state index in [-0.39, 0.29) is 0 Å². The van der Waals surface area contributed by atoms with Gasteiger partial charge >= 0.3 is 0 Å².